The van der Waals surface area contributed by atoms with Gasteiger partial charge < -0.3 is 0 Å². The van der Waals surface area contributed by atoms with Crippen LogP contribution in [0.1, 0.15) is 30.9 Å². The number of aryl methyl sites for hydroxylation is 1. The first-order valence-corrected chi connectivity index (χ1v) is 6.51. The second kappa shape index (κ2) is 5.98. The monoisotopic (exact) mass is 247 g/mol. The van der Waals surface area contributed by atoms with E-state index < -0.39 is 0 Å². The van der Waals surface area contributed by atoms with Crippen LogP contribution in [0.5, 0.6) is 0 Å². The molecule has 0 bridgehead atoms. The largest absolute Gasteiger partial charge is 0.296 e. The zero-order valence-electron chi connectivity index (χ0n) is 10.9. The molecular formula is C14H21N3O. The Balaban J connectivity index is 2.05. The van der Waals surface area contributed by atoms with E-state index in [0.717, 1.165) is 25.9 Å². The van der Waals surface area contributed by atoms with E-state index in [2.05, 4.69) is 41.5 Å². The lowest BCUT2D eigenvalue weighted by Crippen LogP contribution is -2.39. The molecule has 4 nitrogen and oxygen atoms in total. The molecule has 0 saturated carbocycles. The van der Waals surface area contributed by atoms with Gasteiger partial charge in [0.2, 0.25) is 5.91 Å². The van der Waals surface area contributed by atoms with Gasteiger partial charge in [-0.2, -0.15) is 0 Å². The van der Waals surface area contributed by atoms with Gasteiger partial charge in [0.05, 0.1) is 0 Å². The Labute approximate surface area is 108 Å². The fourth-order valence-electron chi connectivity index (χ4n) is 2.56. The SMILES string of the molecule is CC(CC(=O)NN)N1CCCc2ccccc2C1. The van der Waals surface area contributed by atoms with Gasteiger partial charge in [-0.15, -0.1) is 0 Å². The minimum Gasteiger partial charge on any atom is -0.296 e. The lowest BCUT2D eigenvalue weighted by Gasteiger charge is -2.27. The van der Waals surface area contributed by atoms with Crippen LogP contribution in [0.15, 0.2) is 24.3 Å². The third-order valence-electron chi connectivity index (χ3n) is 3.65. The number of amides is 1. The van der Waals surface area contributed by atoms with Gasteiger partial charge in [0.15, 0.2) is 0 Å². The number of hydrazine groups is 1. The molecule has 4 heteroatoms. The van der Waals surface area contributed by atoms with E-state index in [-0.39, 0.29) is 11.9 Å². The normalized spacial score (nSPS) is 17.7. The number of carbonyl (C=O) groups excluding carboxylic acids is 1. The third kappa shape index (κ3) is 3.09. The molecule has 1 atom stereocenters. The number of benzene rings is 1. The number of nitrogens with zero attached hydrogens (tertiary/aromatic N) is 1. The van der Waals surface area contributed by atoms with Crippen LogP contribution in [0.4, 0.5) is 0 Å². The highest BCUT2D eigenvalue weighted by molar-refractivity contribution is 5.75. The molecule has 1 aromatic rings. The van der Waals surface area contributed by atoms with Crippen molar-refractivity contribution in [1.29, 1.82) is 0 Å². The molecule has 0 saturated heterocycles. The summed E-state index contributed by atoms with van der Waals surface area (Å²) in [6.45, 7) is 4.05. The molecule has 0 fully saturated rings. The van der Waals surface area contributed by atoms with Crippen LogP contribution < -0.4 is 11.3 Å². The first kappa shape index (κ1) is 13.1. The van der Waals surface area contributed by atoms with Crippen LogP contribution in [0, 0.1) is 0 Å². The lowest BCUT2D eigenvalue weighted by molar-refractivity contribution is -0.122. The highest BCUT2D eigenvalue weighted by Crippen LogP contribution is 2.20. The number of nitrogens with one attached hydrogen (secondary N) is 1. The summed E-state index contributed by atoms with van der Waals surface area (Å²) in [4.78, 5) is 13.7. The maximum absolute atomic E-state index is 11.3. The molecule has 1 aliphatic rings. The second-order valence-corrected chi connectivity index (χ2v) is 4.96. The van der Waals surface area contributed by atoms with E-state index in [0.29, 0.717) is 6.42 Å². The van der Waals surface area contributed by atoms with Crippen molar-refractivity contribution >= 4 is 5.91 Å². The first-order valence-electron chi connectivity index (χ1n) is 6.51. The summed E-state index contributed by atoms with van der Waals surface area (Å²) in [6, 6.07) is 8.79. The van der Waals surface area contributed by atoms with E-state index in [1.54, 1.807) is 0 Å². The predicted molar refractivity (Wildman–Crippen MR) is 71.6 cm³/mol. The van der Waals surface area contributed by atoms with Gasteiger partial charge in [0.1, 0.15) is 0 Å². The number of hydrogen-bond donors (Lipinski definition) is 2. The molecular weight excluding hydrogens is 226 g/mol. The molecule has 18 heavy (non-hydrogen) atoms. The third-order valence-corrected chi connectivity index (χ3v) is 3.65. The summed E-state index contributed by atoms with van der Waals surface area (Å²) in [5, 5.41) is 0. The molecule has 1 unspecified atom stereocenters. The van der Waals surface area contributed by atoms with Crippen molar-refractivity contribution in [2.24, 2.45) is 5.84 Å². The molecule has 0 aliphatic carbocycles. The quantitative estimate of drug-likeness (QED) is 0.479. The van der Waals surface area contributed by atoms with E-state index in [4.69, 9.17) is 5.84 Å². The van der Waals surface area contributed by atoms with Crippen LogP contribution in [0.2, 0.25) is 0 Å². The first-order chi connectivity index (χ1) is 8.70. The Hall–Kier alpha value is -1.39. The molecule has 0 spiro atoms. The van der Waals surface area contributed by atoms with Crippen molar-refractivity contribution < 1.29 is 4.79 Å². The van der Waals surface area contributed by atoms with Crippen LogP contribution in [0.25, 0.3) is 0 Å². The minimum atomic E-state index is -0.0972. The standard InChI is InChI=1S/C14H21N3O/c1-11(9-14(18)16-15)17-8-4-7-12-5-2-3-6-13(12)10-17/h2-3,5-6,11H,4,7-10,15H2,1H3,(H,16,18). The Morgan fingerprint density at radius 1 is 1.44 bits per heavy atom. The van der Waals surface area contributed by atoms with Crippen molar-refractivity contribution in [3.05, 3.63) is 35.4 Å². The van der Waals surface area contributed by atoms with Gasteiger partial charge in [0.25, 0.3) is 0 Å². The highest BCUT2D eigenvalue weighted by Gasteiger charge is 2.20. The van der Waals surface area contributed by atoms with Gasteiger partial charge >= 0.3 is 0 Å². The summed E-state index contributed by atoms with van der Waals surface area (Å²) in [5.74, 6) is 5.04. The number of carbonyl (C=O) groups is 1. The Morgan fingerprint density at radius 2 is 2.17 bits per heavy atom. The van der Waals surface area contributed by atoms with Gasteiger partial charge in [-0.1, -0.05) is 24.3 Å². The topological polar surface area (TPSA) is 58.4 Å². The van der Waals surface area contributed by atoms with E-state index in [9.17, 15) is 4.79 Å². The molecule has 0 aromatic heterocycles. The van der Waals surface area contributed by atoms with Gasteiger partial charge in [-0.05, 0) is 37.4 Å². The molecule has 2 rings (SSSR count). The summed E-state index contributed by atoms with van der Waals surface area (Å²) in [5.41, 5.74) is 5.03. The molecule has 1 heterocycles. The van der Waals surface area contributed by atoms with Crippen molar-refractivity contribution in [3.63, 3.8) is 0 Å². The van der Waals surface area contributed by atoms with Gasteiger partial charge in [0, 0.05) is 19.0 Å². The van der Waals surface area contributed by atoms with Crippen molar-refractivity contribution in [2.45, 2.75) is 38.8 Å². The summed E-state index contributed by atoms with van der Waals surface area (Å²) < 4.78 is 0. The average molecular weight is 247 g/mol. The highest BCUT2D eigenvalue weighted by atomic mass is 16.2. The zero-order chi connectivity index (χ0) is 13.0. The van der Waals surface area contributed by atoms with E-state index in [1.807, 2.05) is 0 Å². The molecule has 98 valence electrons. The van der Waals surface area contributed by atoms with Crippen molar-refractivity contribution in [1.82, 2.24) is 10.3 Å². The van der Waals surface area contributed by atoms with Crippen LogP contribution >= 0.6 is 0 Å². The van der Waals surface area contributed by atoms with Crippen LogP contribution in [0.3, 0.4) is 0 Å². The van der Waals surface area contributed by atoms with Crippen LogP contribution in [-0.4, -0.2) is 23.4 Å². The Morgan fingerprint density at radius 3 is 2.89 bits per heavy atom. The summed E-state index contributed by atoms with van der Waals surface area (Å²) in [7, 11) is 0. The number of fused-ring (bicyclic) bond motifs is 1. The summed E-state index contributed by atoms with van der Waals surface area (Å²) in [6.07, 6.45) is 2.73. The molecule has 1 aliphatic heterocycles. The minimum absolute atomic E-state index is 0.0972. The Kier molecular flexibility index (Phi) is 4.33. The average Bonchev–Trinajstić information content (AvgIpc) is 2.60. The number of hydrogen-bond acceptors (Lipinski definition) is 3. The van der Waals surface area contributed by atoms with Crippen molar-refractivity contribution in [2.75, 3.05) is 6.54 Å². The smallest absolute Gasteiger partial charge is 0.235 e. The molecule has 1 amide bonds. The summed E-state index contributed by atoms with van der Waals surface area (Å²) >= 11 is 0. The van der Waals surface area contributed by atoms with Crippen LogP contribution in [-0.2, 0) is 17.8 Å². The van der Waals surface area contributed by atoms with Gasteiger partial charge in [-0.25, -0.2) is 5.84 Å². The maximum atomic E-state index is 11.3. The number of nitrogens with two attached hydrogens (primary N) is 1. The number of rotatable bonds is 3. The Bertz CT molecular complexity index is 419. The van der Waals surface area contributed by atoms with Gasteiger partial charge in [-0.3, -0.25) is 15.1 Å². The molecule has 3 N–H and O–H groups in total. The zero-order valence-corrected chi connectivity index (χ0v) is 10.9. The molecule has 1 aromatic carbocycles. The van der Waals surface area contributed by atoms with E-state index >= 15 is 0 Å². The lowest BCUT2D eigenvalue weighted by atomic mass is 10.0. The van der Waals surface area contributed by atoms with Crippen molar-refractivity contribution in [3.8, 4) is 0 Å². The van der Waals surface area contributed by atoms with E-state index in [1.165, 1.54) is 11.1 Å². The second-order valence-electron chi connectivity index (χ2n) is 4.96. The maximum Gasteiger partial charge on any atom is 0.235 e. The predicted octanol–water partition coefficient (Wildman–Crippen LogP) is 1.20. The molecule has 0 radical (unpaired) electrons. The fourth-order valence-corrected chi connectivity index (χ4v) is 2.56. The fraction of sp³-hybridized carbons (Fsp3) is 0.500.